The van der Waals surface area contributed by atoms with E-state index in [1.165, 1.54) is 24.3 Å². The molecule has 4 rings (SSSR count). The molecule has 0 unspecified atom stereocenters. The number of hydrogen-bond donors (Lipinski definition) is 3. The minimum Gasteiger partial charge on any atom is -0.482 e. The van der Waals surface area contributed by atoms with Gasteiger partial charge in [0.05, 0.1) is 18.8 Å². The number of alkyl halides is 2. The standard InChI is InChI=1S/C23H21F2N3O4/c1-23(12-31-13-23)32-19-8-7-17(10-18(19)21(24)25)28-22(30)27-16-5-2-14(3-6-16)15-4-9-20(29)26-11-15/h2-11,21H,12-13H2,1H3,(H,26,29)(H2,27,28,30). The number of carbonyl (C=O) groups is 1. The number of H-pyrrole nitrogens is 1. The zero-order valence-electron chi connectivity index (χ0n) is 17.2. The Bertz CT molecular complexity index is 1150. The van der Waals surface area contributed by atoms with Gasteiger partial charge in [-0.15, -0.1) is 0 Å². The molecule has 0 spiro atoms. The lowest BCUT2D eigenvalue weighted by Gasteiger charge is -2.38. The maximum absolute atomic E-state index is 13.5. The summed E-state index contributed by atoms with van der Waals surface area (Å²) >= 11 is 0. The molecule has 3 N–H and O–H groups in total. The predicted octanol–water partition coefficient (Wildman–Crippen LogP) is 4.79. The molecule has 0 radical (unpaired) electrons. The first kappa shape index (κ1) is 21.5. The molecule has 1 aliphatic heterocycles. The lowest BCUT2D eigenvalue weighted by molar-refractivity contribution is -0.150. The van der Waals surface area contributed by atoms with Crippen LogP contribution in [0.15, 0.2) is 65.6 Å². The van der Waals surface area contributed by atoms with E-state index in [1.54, 1.807) is 43.5 Å². The fourth-order valence-corrected chi connectivity index (χ4v) is 3.23. The molecule has 0 atom stereocenters. The number of rotatable bonds is 6. The summed E-state index contributed by atoms with van der Waals surface area (Å²) in [7, 11) is 0. The average Bonchev–Trinajstić information content (AvgIpc) is 2.74. The molecule has 1 aliphatic rings. The van der Waals surface area contributed by atoms with Crippen LogP contribution in [0.4, 0.5) is 25.0 Å². The van der Waals surface area contributed by atoms with Gasteiger partial charge >= 0.3 is 6.03 Å². The second-order valence-corrected chi connectivity index (χ2v) is 7.70. The van der Waals surface area contributed by atoms with Gasteiger partial charge in [-0.2, -0.15) is 0 Å². The molecule has 9 heteroatoms. The van der Waals surface area contributed by atoms with Crippen LogP contribution in [0.5, 0.6) is 5.75 Å². The molecule has 1 fully saturated rings. The van der Waals surface area contributed by atoms with E-state index < -0.39 is 18.1 Å². The zero-order chi connectivity index (χ0) is 22.7. The van der Waals surface area contributed by atoms with Crippen molar-refractivity contribution >= 4 is 17.4 Å². The van der Waals surface area contributed by atoms with Crippen molar-refractivity contribution in [1.29, 1.82) is 0 Å². The molecular weight excluding hydrogens is 420 g/mol. The molecular formula is C23H21F2N3O4. The van der Waals surface area contributed by atoms with Gasteiger partial charge in [-0.25, -0.2) is 13.6 Å². The third-order valence-corrected chi connectivity index (χ3v) is 4.93. The average molecular weight is 441 g/mol. The van der Waals surface area contributed by atoms with Crippen LogP contribution in [-0.2, 0) is 4.74 Å². The van der Waals surface area contributed by atoms with Gasteiger partial charge in [-0.05, 0) is 54.4 Å². The fraction of sp³-hybridized carbons (Fsp3) is 0.217. The van der Waals surface area contributed by atoms with E-state index in [4.69, 9.17) is 9.47 Å². The van der Waals surface area contributed by atoms with Crippen LogP contribution < -0.4 is 20.9 Å². The van der Waals surface area contributed by atoms with Crippen LogP contribution in [-0.4, -0.2) is 29.8 Å². The van der Waals surface area contributed by atoms with Crippen LogP contribution in [0.25, 0.3) is 11.1 Å². The molecule has 2 heterocycles. The van der Waals surface area contributed by atoms with Crippen molar-refractivity contribution in [3.05, 3.63) is 76.7 Å². The van der Waals surface area contributed by atoms with E-state index in [1.807, 2.05) is 0 Å². The number of hydrogen-bond acceptors (Lipinski definition) is 4. The Morgan fingerprint density at radius 3 is 2.28 bits per heavy atom. The number of urea groups is 1. The highest BCUT2D eigenvalue weighted by molar-refractivity contribution is 6.00. The second-order valence-electron chi connectivity index (χ2n) is 7.70. The van der Waals surface area contributed by atoms with Gasteiger partial charge < -0.3 is 25.1 Å². The molecule has 2 amide bonds. The Morgan fingerprint density at radius 1 is 1.03 bits per heavy atom. The van der Waals surface area contributed by atoms with Crippen molar-refractivity contribution in [2.45, 2.75) is 19.0 Å². The Balaban J connectivity index is 1.41. The molecule has 2 aromatic carbocycles. The normalized spacial score (nSPS) is 14.5. The lowest BCUT2D eigenvalue weighted by atomic mass is 10.0. The number of amides is 2. The summed E-state index contributed by atoms with van der Waals surface area (Å²) < 4.78 is 37.8. The Labute approximate surface area is 182 Å². The molecule has 0 bridgehead atoms. The molecule has 0 saturated carbocycles. The van der Waals surface area contributed by atoms with E-state index in [2.05, 4.69) is 15.6 Å². The molecule has 3 aromatic rings. The highest BCUT2D eigenvalue weighted by Gasteiger charge is 2.36. The van der Waals surface area contributed by atoms with Gasteiger partial charge in [-0.3, -0.25) is 4.79 Å². The van der Waals surface area contributed by atoms with E-state index in [0.717, 1.165) is 11.1 Å². The largest absolute Gasteiger partial charge is 0.482 e. The van der Waals surface area contributed by atoms with Gasteiger partial charge in [0, 0.05) is 23.6 Å². The van der Waals surface area contributed by atoms with E-state index in [0.29, 0.717) is 18.9 Å². The van der Waals surface area contributed by atoms with Crippen molar-refractivity contribution in [2.24, 2.45) is 0 Å². The number of aromatic amines is 1. The minimum atomic E-state index is -2.76. The highest BCUT2D eigenvalue weighted by atomic mass is 19.3. The smallest absolute Gasteiger partial charge is 0.323 e. The summed E-state index contributed by atoms with van der Waals surface area (Å²) in [6.45, 7) is 2.45. The van der Waals surface area contributed by atoms with Crippen molar-refractivity contribution in [1.82, 2.24) is 4.98 Å². The number of benzene rings is 2. The number of carbonyl (C=O) groups excluding carboxylic acids is 1. The number of pyridine rings is 1. The number of nitrogens with one attached hydrogen (secondary N) is 3. The summed E-state index contributed by atoms with van der Waals surface area (Å²) in [5.41, 5.74) is 1.29. The lowest BCUT2D eigenvalue weighted by Crippen LogP contribution is -2.51. The summed E-state index contributed by atoms with van der Waals surface area (Å²) in [6, 6.07) is 13.6. The number of ether oxygens (including phenoxy) is 2. The van der Waals surface area contributed by atoms with Crippen LogP contribution in [0.3, 0.4) is 0 Å². The topological polar surface area (TPSA) is 92.5 Å². The Kier molecular flexibility index (Phi) is 5.91. The van der Waals surface area contributed by atoms with Gasteiger partial charge in [0.1, 0.15) is 5.75 Å². The third kappa shape index (κ3) is 4.94. The maximum Gasteiger partial charge on any atom is 0.323 e. The second kappa shape index (κ2) is 8.80. The van der Waals surface area contributed by atoms with Crippen LogP contribution in [0.1, 0.15) is 18.9 Å². The first-order chi connectivity index (χ1) is 15.3. The van der Waals surface area contributed by atoms with E-state index in [9.17, 15) is 18.4 Å². The molecule has 1 aromatic heterocycles. The summed E-state index contributed by atoms with van der Waals surface area (Å²) in [5.74, 6) is 0.0644. The van der Waals surface area contributed by atoms with Gasteiger partial charge in [0.15, 0.2) is 5.60 Å². The fourth-order valence-electron chi connectivity index (χ4n) is 3.23. The quantitative estimate of drug-likeness (QED) is 0.513. The number of anilines is 2. The number of halogens is 2. The van der Waals surface area contributed by atoms with Crippen LogP contribution in [0.2, 0.25) is 0 Å². The number of aromatic nitrogens is 1. The maximum atomic E-state index is 13.5. The van der Waals surface area contributed by atoms with Gasteiger partial charge in [0.25, 0.3) is 6.43 Å². The summed E-state index contributed by atoms with van der Waals surface area (Å²) in [5, 5.41) is 5.21. The van der Waals surface area contributed by atoms with E-state index >= 15 is 0 Å². The summed E-state index contributed by atoms with van der Waals surface area (Å²) in [6.07, 6.45) is -1.16. The van der Waals surface area contributed by atoms with Gasteiger partial charge in [0.2, 0.25) is 5.56 Å². The van der Waals surface area contributed by atoms with Gasteiger partial charge in [-0.1, -0.05) is 12.1 Å². The van der Waals surface area contributed by atoms with E-state index in [-0.39, 0.29) is 22.6 Å². The molecule has 166 valence electrons. The van der Waals surface area contributed by atoms with Crippen molar-refractivity contribution in [3.63, 3.8) is 0 Å². The highest BCUT2D eigenvalue weighted by Crippen LogP contribution is 2.35. The van der Waals surface area contributed by atoms with Crippen molar-refractivity contribution in [3.8, 4) is 16.9 Å². The first-order valence-electron chi connectivity index (χ1n) is 9.87. The zero-order valence-corrected chi connectivity index (χ0v) is 17.2. The predicted molar refractivity (Wildman–Crippen MR) is 116 cm³/mol. The molecule has 32 heavy (non-hydrogen) atoms. The van der Waals surface area contributed by atoms with Crippen LogP contribution >= 0.6 is 0 Å². The molecule has 7 nitrogen and oxygen atoms in total. The third-order valence-electron chi connectivity index (χ3n) is 4.93. The first-order valence-corrected chi connectivity index (χ1v) is 9.87. The Morgan fingerprint density at radius 2 is 1.69 bits per heavy atom. The van der Waals surface area contributed by atoms with Crippen LogP contribution in [0, 0.1) is 0 Å². The SMILES string of the molecule is CC1(Oc2ccc(NC(=O)Nc3ccc(-c4ccc(=O)[nH]c4)cc3)cc2C(F)F)COC1. The monoisotopic (exact) mass is 441 g/mol. The molecule has 0 aliphatic carbocycles. The minimum absolute atomic E-state index is 0.0644. The van der Waals surface area contributed by atoms with Crippen molar-refractivity contribution < 1.29 is 23.0 Å². The van der Waals surface area contributed by atoms with Crippen molar-refractivity contribution in [2.75, 3.05) is 23.8 Å². The molecule has 1 saturated heterocycles. The summed E-state index contributed by atoms with van der Waals surface area (Å²) in [4.78, 5) is 26.1. The Hall–Kier alpha value is -3.72.